The Kier molecular flexibility index (Phi) is 5.19. The molecule has 3 rings (SSSR count). The van der Waals surface area contributed by atoms with E-state index in [0.29, 0.717) is 16.8 Å². The minimum absolute atomic E-state index is 0.0578. The minimum atomic E-state index is -0.0578. The van der Waals surface area contributed by atoms with Crippen LogP contribution in [0.4, 0.5) is 0 Å². The van der Waals surface area contributed by atoms with Gasteiger partial charge < -0.3 is 9.73 Å². The van der Waals surface area contributed by atoms with Crippen molar-refractivity contribution in [1.82, 2.24) is 5.32 Å². The van der Waals surface area contributed by atoms with Crippen LogP contribution in [0, 0.1) is 0 Å². The van der Waals surface area contributed by atoms with Crippen LogP contribution in [-0.4, -0.2) is 11.9 Å². The van der Waals surface area contributed by atoms with E-state index in [0.717, 1.165) is 24.2 Å². The summed E-state index contributed by atoms with van der Waals surface area (Å²) in [4.78, 5) is 11.9. The van der Waals surface area contributed by atoms with Gasteiger partial charge in [-0.25, -0.2) is 0 Å². The summed E-state index contributed by atoms with van der Waals surface area (Å²) in [5, 5.41) is 3.72. The van der Waals surface area contributed by atoms with Gasteiger partial charge in [0.25, 0.3) is 0 Å². The minimum Gasteiger partial charge on any atom is -0.457 e. The molecule has 1 aliphatic rings. The highest BCUT2D eigenvalue weighted by Crippen LogP contribution is 2.25. The van der Waals surface area contributed by atoms with E-state index in [9.17, 15) is 4.79 Å². The van der Waals surface area contributed by atoms with Gasteiger partial charge in [0.15, 0.2) is 0 Å². The number of halogens is 1. The van der Waals surface area contributed by atoms with Crippen LogP contribution in [0.25, 0.3) is 17.4 Å². The van der Waals surface area contributed by atoms with Crippen LogP contribution in [0.1, 0.15) is 37.9 Å². The zero-order chi connectivity index (χ0) is 16.1. The van der Waals surface area contributed by atoms with Crippen molar-refractivity contribution in [1.29, 1.82) is 0 Å². The number of nitrogens with one attached hydrogen (secondary N) is 1. The van der Waals surface area contributed by atoms with Crippen LogP contribution < -0.4 is 5.32 Å². The lowest BCUT2D eigenvalue weighted by atomic mass is 9.95. The van der Waals surface area contributed by atoms with E-state index in [1.54, 1.807) is 6.08 Å². The predicted octanol–water partition coefficient (Wildman–Crippen LogP) is 5.06. The Morgan fingerprint density at radius 1 is 1.17 bits per heavy atom. The van der Waals surface area contributed by atoms with Crippen molar-refractivity contribution in [3.05, 3.63) is 53.3 Å². The van der Waals surface area contributed by atoms with E-state index in [-0.39, 0.29) is 5.91 Å². The van der Waals surface area contributed by atoms with Gasteiger partial charge in [-0.15, -0.1) is 0 Å². The molecule has 2 aromatic rings. The average molecular weight is 330 g/mol. The quantitative estimate of drug-likeness (QED) is 0.796. The van der Waals surface area contributed by atoms with Gasteiger partial charge in [-0.05, 0) is 43.2 Å². The molecule has 3 nitrogen and oxygen atoms in total. The summed E-state index contributed by atoms with van der Waals surface area (Å²) < 4.78 is 5.74. The third-order valence-corrected chi connectivity index (χ3v) is 4.32. The number of hydrogen-bond donors (Lipinski definition) is 1. The molecule has 1 N–H and O–H groups in total. The van der Waals surface area contributed by atoms with Crippen molar-refractivity contribution in [3.8, 4) is 11.3 Å². The third kappa shape index (κ3) is 4.49. The van der Waals surface area contributed by atoms with Gasteiger partial charge in [0, 0.05) is 22.7 Å². The van der Waals surface area contributed by atoms with Crippen LogP contribution in [-0.2, 0) is 4.79 Å². The highest BCUT2D eigenvalue weighted by Gasteiger charge is 2.14. The lowest BCUT2D eigenvalue weighted by Crippen LogP contribution is -2.34. The van der Waals surface area contributed by atoms with E-state index in [1.165, 1.54) is 25.3 Å². The number of amides is 1. The van der Waals surface area contributed by atoms with Gasteiger partial charge in [0.05, 0.1) is 0 Å². The molecule has 0 bridgehead atoms. The van der Waals surface area contributed by atoms with E-state index in [2.05, 4.69) is 5.32 Å². The van der Waals surface area contributed by atoms with Crippen LogP contribution in [0.15, 0.2) is 46.9 Å². The molecule has 4 heteroatoms. The smallest absolute Gasteiger partial charge is 0.244 e. The molecule has 1 heterocycles. The Morgan fingerprint density at radius 2 is 2.00 bits per heavy atom. The molecule has 0 aliphatic heterocycles. The Hall–Kier alpha value is -2.00. The van der Waals surface area contributed by atoms with Crippen molar-refractivity contribution in [2.24, 2.45) is 0 Å². The topological polar surface area (TPSA) is 42.2 Å². The fourth-order valence-electron chi connectivity index (χ4n) is 2.89. The molecule has 120 valence electrons. The van der Waals surface area contributed by atoms with Crippen molar-refractivity contribution >= 4 is 23.6 Å². The summed E-state index contributed by atoms with van der Waals surface area (Å²) in [6.07, 6.45) is 9.09. The second-order valence-corrected chi connectivity index (χ2v) is 6.33. The number of benzene rings is 1. The van der Waals surface area contributed by atoms with Crippen LogP contribution >= 0.6 is 11.6 Å². The lowest BCUT2D eigenvalue weighted by Gasteiger charge is -2.21. The Morgan fingerprint density at radius 3 is 2.78 bits per heavy atom. The molecule has 1 aromatic heterocycles. The van der Waals surface area contributed by atoms with E-state index in [4.69, 9.17) is 16.0 Å². The number of carbonyl (C=O) groups is 1. The Labute approximate surface area is 141 Å². The lowest BCUT2D eigenvalue weighted by molar-refractivity contribution is -0.117. The van der Waals surface area contributed by atoms with Crippen molar-refractivity contribution in [2.75, 3.05) is 0 Å². The number of furan rings is 1. The molecular weight excluding hydrogens is 310 g/mol. The third-order valence-electron chi connectivity index (χ3n) is 4.09. The second-order valence-electron chi connectivity index (χ2n) is 5.89. The van der Waals surface area contributed by atoms with Gasteiger partial charge in [0.1, 0.15) is 11.5 Å². The van der Waals surface area contributed by atoms with E-state index in [1.807, 2.05) is 36.4 Å². The second kappa shape index (κ2) is 7.51. The summed E-state index contributed by atoms with van der Waals surface area (Å²) in [5.74, 6) is 1.33. The first-order valence-corrected chi connectivity index (χ1v) is 8.43. The van der Waals surface area contributed by atoms with Crippen molar-refractivity contribution < 1.29 is 9.21 Å². The van der Waals surface area contributed by atoms with Crippen LogP contribution in [0.5, 0.6) is 0 Å². The van der Waals surface area contributed by atoms with Crippen molar-refractivity contribution in [2.45, 2.75) is 38.1 Å². The highest BCUT2D eigenvalue weighted by molar-refractivity contribution is 6.30. The molecule has 1 amide bonds. The summed E-state index contributed by atoms with van der Waals surface area (Å²) in [5.41, 5.74) is 0.920. The van der Waals surface area contributed by atoms with Crippen molar-refractivity contribution in [3.63, 3.8) is 0 Å². The predicted molar refractivity (Wildman–Crippen MR) is 93.2 cm³/mol. The largest absolute Gasteiger partial charge is 0.457 e. The molecule has 0 saturated heterocycles. The Balaban J connectivity index is 1.60. The Bertz CT molecular complexity index is 699. The number of hydrogen-bond acceptors (Lipinski definition) is 2. The first-order chi connectivity index (χ1) is 11.2. The summed E-state index contributed by atoms with van der Waals surface area (Å²) in [6.45, 7) is 0. The standard InChI is InChI=1S/C19H20ClNO2/c20-15-6-4-5-14(13-15)18-11-9-17(23-18)10-12-19(22)21-16-7-2-1-3-8-16/h4-6,9-13,16H,1-3,7-8H2,(H,21,22)/b12-10+. The summed E-state index contributed by atoms with van der Waals surface area (Å²) >= 11 is 5.99. The van der Waals surface area contributed by atoms with Gasteiger partial charge in [0.2, 0.25) is 5.91 Å². The molecule has 0 atom stereocenters. The zero-order valence-electron chi connectivity index (χ0n) is 12.9. The first kappa shape index (κ1) is 15.9. The van der Waals surface area contributed by atoms with Crippen LogP contribution in [0.2, 0.25) is 5.02 Å². The molecule has 23 heavy (non-hydrogen) atoms. The SMILES string of the molecule is O=C(/C=C/c1ccc(-c2cccc(Cl)c2)o1)NC1CCCCC1. The van der Waals surface area contributed by atoms with Gasteiger partial charge in [-0.2, -0.15) is 0 Å². The molecular formula is C19H20ClNO2. The van der Waals surface area contributed by atoms with Crippen LogP contribution in [0.3, 0.4) is 0 Å². The zero-order valence-corrected chi connectivity index (χ0v) is 13.7. The molecule has 1 aliphatic carbocycles. The van der Waals surface area contributed by atoms with Gasteiger partial charge in [-0.1, -0.05) is 43.0 Å². The monoisotopic (exact) mass is 329 g/mol. The normalized spacial score (nSPS) is 15.9. The van der Waals surface area contributed by atoms with Gasteiger partial charge >= 0.3 is 0 Å². The summed E-state index contributed by atoms with van der Waals surface area (Å²) in [7, 11) is 0. The molecule has 1 fully saturated rings. The first-order valence-electron chi connectivity index (χ1n) is 8.05. The molecule has 0 spiro atoms. The molecule has 0 unspecified atom stereocenters. The molecule has 0 radical (unpaired) electrons. The van der Waals surface area contributed by atoms with Gasteiger partial charge in [-0.3, -0.25) is 4.79 Å². The van der Waals surface area contributed by atoms with E-state index < -0.39 is 0 Å². The maximum atomic E-state index is 11.9. The number of carbonyl (C=O) groups excluding carboxylic acids is 1. The molecule has 1 saturated carbocycles. The number of rotatable bonds is 4. The summed E-state index contributed by atoms with van der Waals surface area (Å²) in [6, 6.07) is 11.5. The fraction of sp³-hybridized carbons (Fsp3) is 0.316. The maximum Gasteiger partial charge on any atom is 0.244 e. The highest BCUT2D eigenvalue weighted by atomic mass is 35.5. The average Bonchev–Trinajstić information content (AvgIpc) is 3.03. The maximum absolute atomic E-state index is 11.9. The van der Waals surface area contributed by atoms with E-state index >= 15 is 0 Å². The molecule has 1 aromatic carbocycles. The fourth-order valence-corrected chi connectivity index (χ4v) is 3.08.